The minimum absolute atomic E-state index is 0.0563. The lowest BCUT2D eigenvalue weighted by molar-refractivity contribution is -0.176. The van der Waals surface area contributed by atoms with Gasteiger partial charge in [0, 0.05) is 18.6 Å². The normalized spacial score (nSPS) is 27.0. The van der Waals surface area contributed by atoms with Gasteiger partial charge in [0.2, 0.25) is 0 Å². The molecule has 3 rings (SSSR count). The van der Waals surface area contributed by atoms with Crippen molar-refractivity contribution in [1.29, 1.82) is 0 Å². The summed E-state index contributed by atoms with van der Waals surface area (Å²) in [6.45, 7) is 15.0. The fourth-order valence-corrected chi connectivity index (χ4v) is 4.26. The van der Waals surface area contributed by atoms with Crippen molar-refractivity contribution in [2.75, 3.05) is 32.8 Å². The zero-order chi connectivity index (χ0) is 16.8. The Morgan fingerprint density at radius 1 is 1.26 bits per heavy atom. The molecule has 0 radical (unpaired) electrons. The lowest BCUT2D eigenvalue weighted by Gasteiger charge is -2.58. The molecule has 3 saturated heterocycles. The second-order valence-electron chi connectivity index (χ2n) is 8.84. The molecule has 0 aromatic rings. The van der Waals surface area contributed by atoms with Crippen molar-refractivity contribution in [1.82, 2.24) is 9.80 Å². The van der Waals surface area contributed by atoms with E-state index in [9.17, 15) is 4.79 Å². The highest BCUT2D eigenvalue weighted by Gasteiger charge is 2.56. The van der Waals surface area contributed by atoms with Crippen LogP contribution in [0, 0.1) is 5.92 Å². The molecule has 0 aromatic carbocycles. The van der Waals surface area contributed by atoms with E-state index in [1.165, 1.54) is 12.8 Å². The highest BCUT2D eigenvalue weighted by atomic mass is 16.6. The molecular formula is C18H32N2O3. The Morgan fingerprint density at radius 2 is 1.91 bits per heavy atom. The van der Waals surface area contributed by atoms with E-state index in [-0.39, 0.29) is 23.5 Å². The summed E-state index contributed by atoms with van der Waals surface area (Å²) in [5.74, 6) is 0.208. The summed E-state index contributed by atoms with van der Waals surface area (Å²) in [5, 5.41) is 0. The van der Waals surface area contributed by atoms with Crippen LogP contribution >= 0.6 is 0 Å². The van der Waals surface area contributed by atoms with Crippen LogP contribution < -0.4 is 0 Å². The number of esters is 1. The second kappa shape index (κ2) is 6.01. The van der Waals surface area contributed by atoms with Crippen LogP contribution in [0.5, 0.6) is 0 Å². The van der Waals surface area contributed by atoms with E-state index in [2.05, 4.69) is 23.6 Å². The molecule has 5 heteroatoms. The minimum atomic E-state index is -0.425. The molecule has 0 amide bonds. The summed E-state index contributed by atoms with van der Waals surface area (Å²) in [6.07, 6.45) is 2.38. The molecule has 3 heterocycles. The number of hydrogen-bond acceptors (Lipinski definition) is 5. The van der Waals surface area contributed by atoms with Crippen molar-refractivity contribution in [2.24, 2.45) is 5.92 Å². The first-order valence-corrected chi connectivity index (χ1v) is 9.03. The molecule has 1 spiro atoms. The minimum Gasteiger partial charge on any atom is -0.459 e. The maximum absolute atomic E-state index is 12.8. The number of carbonyl (C=O) groups is 1. The smallest absolute Gasteiger partial charge is 0.324 e. The summed E-state index contributed by atoms with van der Waals surface area (Å²) < 4.78 is 11.0. The highest BCUT2D eigenvalue weighted by molar-refractivity contribution is 5.76. The van der Waals surface area contributed by atoms with Crippen molar-refractivity contribution in [3.63, 3.8) is 0 Å². The molecule has 0 N–H and O–H groups in total. The molecule has 0 aliphatic carbocycles. The topological polar surface area (TPSA) is 42.0 Å². The van der Waals surface area contributed by atoms with E-state index < -0.39 is 5.60 Å². The van der Waals surface area contributed by atoms with Crippen LogP contribution in [0.25, 0.3) is 0 Å². The Hall–Kier alpha value is -0.650. The van der Waals surface area contributed by atoms with Crippen LogP contribution in [0.2, 0.25) is 0 Å². The van der Waals surface area contributed by atoms with Gasteiger partial charge in [0.05, 0.1) is 19.3 Å². The van der Waals surface area contributed by atoms with Gasteiger partial charge in [-0.2, -0.15) is 0 Å². The predicted octanol–water partition coefficient (Wildman–Crippen LogP) is 1.90. The predicted molar refractivity (Wildman–Crippen MR) is 89.3 cm³/mol. The fourth-order valence-electron chi connectivity index (χ4n) is 4.26. The summed E-state index contributed by atoms with van der Waals surface area (Å²) in [5.41, 5.74) is -0.243. The summed E-state index contributed by atoms with van der Waals surface area (Å²) in [4.78, 5) is 17.8. The van der Waals surface area contributed by atoms with Crippen molar-refractivity contribution in [3.05, 3.63) is 0 Å². The first-order valence-electron chi connectivity index (χ1n) is 9.03. The molecule has 3 aliphatic rings. The Kier molecular flexibility index (Phi) is 4.49. The second-order valence-corrected chi connectivity index (χ2v) is 8.84. The van der Waals surface area contributed by atoms with E-state index in [1.807, 2.05) is 20.8 Å². The summed E-state index contributed by atoms with van der Waals surface area (Å²) in [6, 6.07) is 0.471. The van der Waals surface area contributed by atoms with Crippen LogP contribution in [0.1, 0.15) is 47.5 Å². The first-order chi connectivity index (χ1) is 10.7. The van der Waals surface area contributed by atoms with Gasteiger partial charge >= 0.3 is 5.97 Å². The third kappa shape index (κ3) is 3.28. The number of rotatable bonds is 4. The fraction of sp³-hybridized carbons (Fsp3) is 0.944. The molecular weight excluding hydrogens is 292 g/mol. The summed E-state index contributed by atoms with van der Waals surface area (Å²) in [7, 11) is 0. The van der Waals surface area contributed by atoms with Crippen LogP contribution in [0.15, 0.2) is 0 Å². The molecule has 3 aliphatic heterocycles. The summed E-state index contributed by atoms with van der Waals surface area (Å²) >= 11 is 0. The van der Waals surface area contributed by atoms with Crippen molar-refractivity contribution < 1.29 is 14.3 Å². The van der Waals surface area contributed by atoms with Gasteiger partial charge in [-0.25, -0.2) is 0 Å². The van der Waals surface area contributed by atoms with E-state index in [4.69, 9.17) is 9.47 Å². The van der Waals surface area contributed by atoms with Crippen LogP contribution in [0.4, 0.5) is 0 Å². The Morgan fingerprint density at radius 3 is 2.39 bits per heavy atom. The SMILES string of the molecule is CC(C)[C@@H](C(=O)OC(C)(C)C)N1CCCC12CN(C1COC1)C2. The monoisotopic (exact) mass is 324 g/mol. The van der Waals surface area contributed by atoms with Crippen LogP contribution in [-0.4, -0.2) is 71.8 Å². The highest BCUT2D eigenvalue weighted by Crippen LogP contribution is 2.42. The quantitative estimate of drug-likeness (QED) is 0.739. The van der Waals surface area contributed by atoms with Gasteiger partial charge in [-0.3, -0.25) is 14.6 Å². The lowest BCUT2D eigenvalue weighted by Crippen LogP contribution is -2.74. The van der Waals surface area contributed by atoms with Crippen LogP contribution in [-0.2, 0) is 14.3 Å². The Labute approximate surface area is 140 Å². The average Bonchev–Trinajstić information content (AvgIpc) is 2.67. The Bertz CT molecular complexity index is 448. The number of nitrogens with zero attached hydrogens (tertiary/aromatic N) is 2. The molecule has 1 atom stereocenters. The standard InChI is InChI=1S/C18H32N2O3/c1-13(2)15(16(21)23-17(3,4)5)20-8-6-7-18(20)11-19(12-18)14-9-22-10-14/h13-15H,6-12H2,1-5H3/t15-/m0/s1. The van der Waals surface area contributed by atoms with Gasteiger partial charge in [0.1, 0.15) is 11.6 Å². The molecule has 3 fully saturated rings. The molecule has 0 bridgehead atoms. The molecule has 5 nitrogen and oxygen atoms in total. The third-order valence-corrected chi connectivity index (χ3v) is 5.40. The lowest BCUT2D eigenvalue weighted by atomic mass is 9.83. The number of carbonyl (C=O) groups excluding carboxylic acids is 1. The molecule has 132 valence electrons. The largest absolute Gasteiger partial charge is 0.459 e. The van der Waals surface area contributed by atoms with Gasteiger partial charge in [0.15, 0.2) is 0 Å². The van der Waals surface area contributed by atoms with Crippen molar-refractivity contribution in [2.45, 2.75) is 70.7 Å². The number of likely N-dealkylation sites (tertiary alicyclic amines) is 2. The zero-order valence-electron chi connectivity index (χ0n) is 15.3. The molecule has 0 saturated carbocycles. The van der Waals surface area contributed by atoms with E-state index in [0.29, 0.717) is 6.04 Å². The van der Waals surface area contributed by atoms with E-state index >= 15 is 0 Å². The van der Waals surface area contributed by atoms with E-state index in [1.54, 1.807) is 0 Å². The maximum atomic E-state index is 12.8. The van der Waals surface area contributed by atoms with Gasteiger partial charge in [-0.05, 0) is 46.1 Å². The van der Waals surface area contributed by atoms with Crippen molar-refractivity contribution >= 4 is 5.97 Å². The number of hydrogen-bond donors (Lipinski definition) is 0. The number of ether oxygens (including phenoxy) is 2. The Balaban J connectivity index is 1.70. The average molecular weight is 324 g/mol. The van der Waals surface area contributed by atoms with Gasteiger partial charge in [0.25, 0.3) is 0 Å². The molecule has 0 aromatic heterocycles. The van der Waals surface area contributed by atoms with Gasteiger partial charge in [-0.15, -0.1) is 0 Å². The first kappa shape index (κ1) is 17.2. The zero-order valence-corrected chi connectivity index (χ0v) is 15.3. The maximum Gasteiger partial charge on any atom is 0.324 e. The van der Waals surface area contributed by atoms with E-state index in [0.717, 1.165) is 32.8 Å². The van der Waals surface area contributed by atoms with Crippen molar-refractivity contribution in [3.8, 4) is 0 Å². The molecule has 23 heavy (non-hydrogen) atoms. The van der Waals surface area contributed by atoms with Gasteiger partial charge in [-0.1, -0.05) is 13.8 Å². The third-order valence-electron chi connectivity index (χ3n) is 5.40. The molecule has 0 unspecified atom stereocenters. The van der Waals surface area contributed by atoms with Crippen LogP contribution in [0.3, 0.4) is 0 Å². The van der Waals surface area contributed by atoms with Gasteiger partial charge < -0.3 is 9.47 Å².